The zero-order valence-corrected chi connectivity index (χ0v) is 33.9. The van der Waals surface area contributed by atoms with Crippen molar-refractivity contribution in [1.82, 2.24) is 10.2 Å². The van der Waals surface area contributed by atoms with Crippen LogP contribution in [0.2, 0.25) is 0 Å². The fourth-order valence-electron chi connectivity index (χ4n) is 9.03. The van der Waals surface area contributed by atoms with Crippen LogP contribution in [0.1, 0.15) is 74.5 Å². The van der Waals surface area contributed by atoms with Crippen LogP contribution in [0.4, 0.5) is 14.0 Å². The van der Waals surface area contributed by atoms with Crippen LogP contribution in [0, 0.1) is 23.6 Å². The van der Waals surface area contributed by atoms with E-state index in [1.807, 2.05) is 36.4 Å². The standard InChI is InChI=1S/C46H56FN3O9/c1-4-25-57-46-41(50(45(54)56-5-2)30-32-17-19-34(47)20-18-32)28-39(49-55-3)37-26-33(15-9-11-23-51)36(16-10-12-24-52)42(43(37)46)38-27-35(21-22-40(38)59-46)58-44(53)48-29-31-13-7-6-8-14-31/h4,6-8,13-14,17-22,26-27,33,36,41-43,51-52H,1,5,9-12,15-16,23-25,28-30H2,2-3H3,(H,48,53). The molecule has 59 heavy (non-hydrogen) atoms. The summed E-state index contributed by atoms with van der Waals surface area (Å²) in [7, 11) is 1.48. The molecular formula is C46H56FN3O9. The molecule has 316 valence electrons. The number of halogens is 1. The molecule has 12 nitrogen and oxygen atoms in total. The molecule has 3 aromatic rings. The number of nitrogens with zero attached hydrogens (tertiary/aromatic N) is 2. The van der Waals surface area contributed by atoms with Gasteiger partial charge in [0, 0.05) is 44.2 Å². The van der Waals surface area contributed by atoms with E-state index >= 15 is 0 Å². The smallest absolute Gasteiger partial charge is 0.412 e. The highest BCUT2D eigenvalue weighted by atomic mass is 19.1. The Morgan fingerprint density at radius 3 is 2.46 bits per heavy atom. The van der Waals surface area contributed by atoms with Crippen molar-refractivity contribution in [2.24, 2.45) is 22.9 Å². The minimum absolute atomic E-state index is 0.0114. The van der Waals surface area contributed by atoms with Crippen LogP contribution in [0.25, 0.3) is 0 Å². The number of benzene rings is 3. The maximum Gasteiger partial charge on any atom is 0.412 e. The lowest BCUT2D eigenvalue weighted by Crippen LogP contribution is -2.70. The highest BCUT2D eigenvalue weighted by molar-refractivity contribution is 6.03. The van der Waals surface area contributed by atoms with Crippen LogP contribution in [-0.4, -0.2) is 78.4 Å². The van der Waals surface area contributed by atoms with E-state index in [1.165, 1.54) is 19.2 Å². The van der Waals surface area contributed by atoms with Gasteiger partial charge in [0.1, 0.15) is 30.5 Å². The topological polar surface area (TPSA) is 148 Å². The van der Waals surface area contributed by atoms with Crippen molar-refractivity contribution in [3.8, 4) is 11.5 Å². The van der Waals surface area contributed by atoms with Crippen LogP contribution in [0.5, 0.6) is 11.5 Å². The van der Waals surface area contributed by atoms with Gasteiger partial charge in [-0.3, -0.25) is 4.90 Å². The largest absolute Gasteiger partial charge is 0.459 e. The number of allylic oxidation sites excluding steroid dienone is 1. The summed E-state index contributed by atoms with van der Waals surface area (Å²) < 4.78 is 39.9. The summed E-state index contributed by atoms with van der Waals surface area (Å²) in [5.41, 5.74) is 3.86. The van der Waals surface area contributed by atoms with E-state index < -0.39 is 35.8 Å². The Labute approximate surface area is 345 Å². The van der Waals surface area contributed by atoms with E-state index in [9.17, 15) is 24.2 Å². The Kier molecular flexibility index (Phi) is 15.2. The van der Waals surface area contributed by atoms with Gasteiger partial charge in [-0.15, -0.1) is 6.58 Å². The number of amides is 2. The molecule has 1 aliphatic heterocycles. The second kappa shape index (κ2) is 20.6. The predicted molar refractivity (Wildman–Crippen MR) is 220 cm³/mol. The van der Waals surface area contributed by atoms with Crippen molar-refractivity contribution in [1.29, 1.82) is 0 Å². The zero-order chi connectivity index (χ0) is 41.8. The normalized spacial score (nSPS) is 23.5. The number of aliphatic hydroxyl groups excluding tert-OH is 2. The first kappa shape index (κ1) is 43.3. The third-order valence-corrected chi connectivity index (χ3v) is 11.5. The van der Waals surface area contributed by atoms with Gasteiger partial charge < -0.3 is 39.3 Å². The van der Waals surface area contributed by atoms with Gasteiger partial charge >= 0.3 is 12.2 Å². The average molecular weight is 814 g/mol. The Balaban J connectivity index is 1.52. The molecule has 3 N–H and O–H groups in total. The Bertz CT molecular complexity index is 1940. The summed E-state index contributed by atoms with van der Waals surface area (Å²) in [6.45, 7) is 6.33. The van der Waals surface area contributed by atoms with Crippen LogP contribution in [0.15, 0.2) is 102 Å². The molecule has 0 bridgehead atoms. The van der Waals surface area contributed by atoms with Crippen LogP contribution in [0.3, 0.4) is 0 Å². The Morgan fingerprint density at radius 1 is 1.02 bits per heavy atom. The number of hydrogen-bond donors (Lipinski definition) is 3. The number of carbonyl (C=O) groups is 2. The Hall–Kier alpha value is -5.24. The number of rotatable bonds is 19. The van der Waals surface area contributed by atoms with Crippen molar-refractivity contribution in [3.63, 3.8) is 0 Å². The second-order valence-corrected chi connectivity index (χ2v) is 15.1. The molecule has 3 aromatic carbocycles. The number of unbranched alkanes of at least 4 members (excludes halogenated alkanes) is 2. The number of fused-ring (bicyclic) bond motifs is 2. The quantitative estimate of drug-likeness (QED) is 0.0622. The van der Waals surface area contributed by atoms with Gasteiger partial charge in [0.25, 0.3) is 0 Å². The first-order chi connectivity index (χ1) is 28.8. The van der Waals surface area contributed by atoms with Crippen molar-refractivity contribution >= 4 is 17.9 Å². The van der Waals surface area contributed by atoms with E-state index in [0.717, 1.165) is 42.4 Å². The van der Waals surface area contributed by atoms with Gasteiger partial charge in [-0.05, 0) is 91.5 Å². The highest BCUT2D eigenvalue weighted by Crippen LogP contribution is 2.62. The molecule has 3 aliphatic rings. The molecule has 0 aromatic heterocycles. The molecule has 6 atom stereocenters. The highest BCUT2D eigenvalue weighted by Gasteiger charge is 2.65. The van der Waals surface area contributed by atoms with Gasteiger partial charge in [-0.25, -0.2) is 14.0 Å². The molecule has 1 heterocycles. The predicted octanol–water partition coefficient (Wildman–Crippen LogP) is 8.04. The number of oxime groups is 1. The lowest BCUT2D eigenvalue weighted by Gasteiger charge is -2.59. The second-order valence-electron chi connectivity index (χ2n) is 15.1. The molecule has 1 saturated carbocycles. The molecule has 1 fully saturated rings. The number of aliphatic hydroxyl groups is 2. The van der Waals surface area contributed by atoms with E-state index in [-0.39, 0.29) is 63.7 Å². The van der Waals surface area contributed by atoms with Gasteiger partial charge in [-0.1, -0.05) is 72.6 Å². The van der Waals surface area contributed by atoms with Gasteiger partial charge in [-0.2, -0.15) is 0 Å². The van der Waals surface area contributed by atoms with Crippen molar-refractivity contribution in [2.45, 2.75) is 82.7 Å². The van der Waals surface area contributed by atoms with Gasteiger partial charge in [0.15, 0.2) is 0 Å². The maximum absolute atomic E-state index is 14.2. The fraction of sp³-hybridized carbons (Fsp3) is 0.457. The van der Waals surface area contributed by atoms with E-state index in [2.05, 4.69) is 23.1 Å². The molecule has 6 unspecified atom stereocenters. The van der Waals surface area contributed by atoms with E-state index in [0.29, 0.717) is 35.6 Å². The lowest BCUT2D eigenvalue weighted by molar-refractivity contribution is -0.256. The summed E-state index contributed by atoms with van der Waals surface area (Å²) in [5.74, 6) is -2.06. The first-order valence-electron chi connectivity index (χ1n) is 20.6. The van der Waals surface area contributed by atoms with E-state index in [4.69, 9.17) is 23.8 Å². The third-order valence-electron chi connectivity index (χ3n) is 11.5. The maximum atomic E-state index is 14.2. The minimum Gasteiger partial charge on any atom is -0.459 e. The molecule has 0 saturated heterocycles. The van der Waals surface area contributed by atoms with Crippen molar-refractivity contribution in [3.05, 3.63) is 120 Å². The fourth-order valence-corrected chi connectivity index (χ4v) is 9.03. The van der Waals surface area contributed by atoms with Crippen LogP contribution in [-0.2, 0) is 27.4 Å². The SMILES string of the molecule is C=CCOC12Oc3ccc(OC(=O)NCc4ccccc4)cc3C3C(CCCCO)C(CCCCO)C=C(C(=NOC)CC1N(Cc1ccc(F)cc1)C(=O)OCC)C32. The lowest BCUT2D eigenvalue weighted by atomic mass is 9.55. The van der Waals surface area contributed by atoms with Gasteiger partial charge in [0.05, 0.1) is 24.8 Å². The summed E-state index contributed by atoms with van der Waals surface area (Å²) in [4.78, 5) is 34.5. The third kappa shape index (κ3) is 9.97. The first-order valence-corrected chi connectivity index (χ1v) is 20.6. The Morgan fingerprint density at radius 2 is 1.76 bits per heavy atom. The number of carbonyl (C=O) groups excluding carboxylic acids is 2. The molecule has 0 spiro atoms. The zero-order valence-electron chi connectivity index (χ0n) is 33.9. The minimum atomic E-state index is -1.53. The van der Waals surface area contributed by atoms with Crippen LogP contribution >= 0.6 is 0 Å². The molecule has 13 heteroatoms. The van der Waals surface area contributed by atoms with E-state index in [1.54, 1.807) is 42.2 Å². The molecule has 2 aliphatic carbocycles. The molecular weight excluding hydrogens is 758 g/mol. The molecule has 2 amide bonds. The van der Waals surface area contributed by atoms with Crippen molar-refractivity contribution in [2.75, 3.05) is 33.5 Å². The monoisotopic (exact) mass is 813 g/mol. The van der Waals surface area contributed by atoms with Crippen LogP contribution < -0.4 is 14.8 Å². The molecule has 6 rings (SSSR count). The summed E-state index contributed by atoms with van der Waals surface area (Å²) in [6, 6.07) is 20.0. The molecule has 0 radical (unpaired) electrons. The number of nitrogens with one attached hydrogen (secondary N) is 1. The average Bonchev–Trinajstić information content (AvgIpc) is 3.24. The number of hydrogen-bond acceptors (Lipinski definition) is 10. The summed E-state index contributed by atoms with van der Waals surface area (Å²) in [5, 5.41) is 27.1. The number of ether oxygens (including phenoxy) is 4. The summed E-state index contributed by atoms with van der Waals surface area (Å²) >= 11 is 0. The van der Waals surface area contributed by atoms with Crippen molar-refractivity contribution < 1.29 is 48.0 Å². The summed E-state index contributed by atoms with van der Waals surface area (Å²) in [6.07, 6.45) is 7.08. The van der Waals surface area contributed by atoms with Gasteiger partial charge in [0.2, 0.25) is 5.79 Å².